The molecule has 12 heteroatoms. The van der Waals surface area contributed by atoms with Crippen molar-refractivity contribution in [3.8, 4) is 28.5 Å². The fourth-order valence-corrected chi connectivity index (χ4v) is 4.90. The number of fused-ring (bicyclic) bond motifs is 1. The fourth-order valence-electron chi connectivity index (χ4n) is 4.90. The summed E-state index contributed by atoms with van der Waals surface area (Å²) >= 11 is 0. The summed E-state index contributed by atoms with van der Waals surface area (Å²) in [5.74, 6) is -5.30. The van der Waals surface area contributed by atoms with Gasteiger partial charge in [0.1, 0.15) is 11.9 Å². The first-order valence-corrected chi connectivity index (χ1v) is 12.6. The quantitative estimate of drug-likeness (QED) is 0.211. The van der Waals surface area contributed by atoms with Gasteiger partial charge in [-0.3, -0.25) is 9.25 Å². The molecule has 6 aromatic rings. The summed E-state index contributed by atoms with van der Waals surface area (Å²) < 4.78 is 76.8. The molecule has 0 aliphatic heterocycles. The molecular formula is C29H22F5N7. The van der Waals surface area contributed by atoms with Gasteiger partial charge in [0.2, 0.25) is 5.95 Å². The number of aryl methyl sites for hydroxylation is 2. The van der Waals surface area contributed by atoms with Gasteiger partial charge in [-0.15, -0.1) is 10.2 Å². The van der Waals surface area contributed by atoms with E-state index in [1.165, 1.54) is 28.8 Å². The van der Waals surface area contributed by atoms with Crippen LogP contribution in [-0.2, 0) is 0 Å². The molecule has 208 valence electrons. The van der Waals surface area contributed by atoms with Gasteiger partial charge in [0.15, 0.2) is 11.5 Å². The third kappa shape index (κ3) is 4.75. The van der Waals surface area contributed by atoms with Crippen LogP contribution in [0.3, 0.4) is 0 Å². The molecule has 7 nitrogen and oxygen atoms in total. The van der Waals surface area contributed by atoms with Gasteiger partial charge in [-0.25, -0.2) is 27.1 Å². The SMILES string of the molecule is Cc1ccc(C)n1-c1nc2c(F)cc(-c3cccc(-c4cn(C(c5ccc(F)cc5)C(C)(F)F)nc4F)n3)cn2n1. The van der Waals surface area contributed by atoms with Crippen molar-refractivity contribution < 1.29 is 22.0 Å². The minimum absolute atomic E-state index is 0.0204. The maximum absolute atomic E-state index is 15.1. The molecule has 0 saturated heterocycles. The minimum atomic E-state index is -3.36. The van der Waals surface area contributed by atoms with E-state index in [4.69, 9.17) is 0 Å². The van der Waals surface area contributed by atoms with Gasteiger partial charge in [-0.1, -0.05) is 18.2 Å². The number of rotatable bonds is 6. The van der Waals surface area contributed by atoms with Gasteiger partial charge in [0, 0.05) is 36.3 Å². The van der Waals surface area contributed by atoms with E-state index < -0.39 is 29.5 Å². The highest BCUT2D eigenvalue weighted by molar-refractivity contribution is 5.66. The monoisotopic (exact) mass is 563 g/mol. The van der Waals surface area contributed by atoms with E-state index in [-0.39, 0.29) is 28.2 Å². The standard InChI is InChI=1S/C29H22F5N7/c1-16-7-8-17(2)41(16)28-36-27-22(31)13-19(14-40(27)38-28)23-5-4-6-24(35-23)21-15-39(37-26(21)32)25(29(3,33)34)18-9-11-20(30)12-10-18/h4-15,25H,1-3H3. The summed E-state index contributed by atoms with van der Waals surface area (Å²) in [7, 11) is 0. The number of hydrogen-bond acceptors (Lipinski definition) is 4. The zero-order valence-electron chi connectivity index (χ0n) is 22.0. The Morgan fingerprint density at radius 1 is 0.805 bits per heavy atom. The van der Waals surface area contributed by atoms with Crippen LogP contribution in [0.4, 0.5) is 22.0 Å². The number of pyridine rings is 2. The van der Waals surface area contributed by atoms with Gasteiger partial charge in [-0.2, -0.15) is 9.37 Å². The second kappa shape index (κ2) is 9.65. The Morgan fingerprint density at radius 2 is 1.49 bits per heavy atom. The molecule has 0 aliphatic carbocycles. The first-order valence-electron chi connectivity index (χ1n) is 12.6. The summed E-state index contributed by atoms with van der Waals surface area (Å²) in [6, 6.07) is 12.6. The van der Waals surface area contributed by atoms with E-state index in [1.54, 1.807) is 22.9 Å². The topological polar surface area (TPSA) is 65.8 Å². The van der Waals surface area contributed by atoms with E-state index in [2.05, 4.69) is 20.2 Å². The zero-order valence-corrected chi connectivity index (χ0v) is 22.0. The molecule has 41 heavy (non-hydrogen) atoms. The lowest BCUT2D eigenvalue weighted by atomic mass is 10.0. The number of hydrogen-bond donors (Lipinski definition) is 0. The van der Waals surface area contributed by atoms with Crippen LogP contribution in [0.5, 0.6) is 0 Å². The number of nitrogens with zero attached hydrogens (tertiary/aromatic N) is 7. The first-order chi connectivity index (χ1) is 19.5. The smallest absolute Gasteiger partial charge is 0.271 e. The molecule has 5 aromatic heterocycles. The van der Waals surface area contributed by atoms with E-state index in [9.17, 15) is 13.2 Å². The summed E-state index contributed by atoms with van der Waals surface area (Å²) in [5.41, 5.74) is 2.44. The molecule has 0 amide bonds. The summed E-state index contributed by atoms with van der Waals surface area (Å²) in [6.07, 6.45) is 2.68. The number of aromatic nitrogens is 7. The lowest BCUT2D eigenvalue weighted by molar-refractivity contribution is -0.0221. The fraction of sp³-hybridized carbons (Fsp3) is 0.172. The highest BCUT2D eigenvalue weighted by Gasteiger charge is 2.38. The maximum Gasteiger partial charge on any atom is 0.271 e. The third-order valence-electron chi connectivity index (χ3n) is 6.79. The first kappa shape index (κ1) is 26.4. The van der Waals surface area contributed by atoms with E-state index in [0.29, 0.717) is 18.4 Å². The zero-order chi connectivity index (χ0) is 29.1. The largest absolute Gasteiger partial charge is 0.286 e. The normalized spacial score (nSPS) is 12.8. The summed E-state index contributed by atoms with van der Waals surface area (Å²) in [6.45, 7) is 4.46. The van der Waals surface area contributed by atoms with E-state index in [1.807, 2.05) is 26.0 Å². The van der Waals surface area contributed by atoms with Crippen molar-refractivity contribution in [2.45, 2.75) is 32.7 Å². The molecule has 1 unspecified atom stereocenters. The Labute approximate surface area is 230 Å². The average Bonchev–Trinajstić information content (AvgIpc) is 3.61. The molecule has 0 bridgehead atoms. The van der Waals surface area contributed by atoms with E-state index in [0.717, 1.165) is 34.4 Å². The highest BCUT2D eigenvalue weighted by Crippen LogP contribution is 2.36. The van der Waals surface area contributed by atoms with Crippen LogP contribution in [0.15, 0.2) is 73.1 Å². The Morgan fingerprint density at radius 3 is 2.17 bits per heavy atom. The molecule has 0 spiro atoms. The molecular weight excluding hydrogens is 541 g/mol. The Bertz CT molecular complexity index is 1880. The van der Waals surface area contributed by atoms with Crippen LogP contribution in [0.1, 0.15) is 29.9 Å². The van der Waals surface area contributed by atoms with Crippen molar-refractivity contribution in [1.82, 2.24) is 33.9 Å². The average molecular weight is 564 g/mol. The van der Waals surface area contributed by atoms with Gasteiger partial charge < -0.3 is 0 Å². The van der Waals surface area contributed by atoms with Crippen molar-refractivity contribution in [1.29, 1.82) is 0 Å². The van der Waals surface area contributed by atoms with Crippen molar-refractivity contribution in [3.63, 3.8) is 0 Å². The van der Waals surface area contributed by atoms with Crippen LogP contribution < -0.4 is 0 Å². The second-order valence-corrected chi connectivity index (χ2v) is 9.84. The highest BCUT2D eigenvalue weighted by atomic mass is 19.3. The molecule has 6 rings (SSSR count). The van der Waals surface area contributed by atoms with Crippen LogP contribution in [0, 0.1) is 31.4 Å². The van der Waals surface area contributed by atoms with Crippen LogP contribution >= 0.6 is 0 Å². The van der Waals surface area contributed by atoms with Gasteiger partial charge >= 0.3 is 0 Å². The van der Waals surface area contributed by atoms with Gasteiger partial charge in [0.25, 0.3) is 11.9 Å². The van der Waals surface area contributed by atoms with Crippen molar-refractivity contribution in [2.24, 2.45) is 0 Å². The molecule has 0 radical (unpaired) electrons. The number of halogens is 5. The molecule has 1 aromatic carbocycles. The molecule has 0 saturated carbocycles. The van der Waals surface area contributed by atoms with Gasteiger partial charge in [0.05, 0.1) is 17.0 Å². The number of alkyl halides is 2. The van der Waals surface area contributed by atoms with Crippen LogP contribution in [-0.4, -0.2) is 39.9 Å². The number of benzene rings is 1. The molecule has 5 heterocycles. The van der Waals surface area contributed by atoms with Crippen LogP contribution in [0.25, 0.3) is 34.1 Å². The van der Waals surface area contributed by atoms with Crippen molar-refractivity contribution >= 4 is 5.65 Å². The minimum Gasteiger partial charge on any atom is -0.286 e. The Hall–Kier alpha value is -4.87. The Balaban J connectivity index is 1.39. The molecule has 0 N–H and O–H groups in total. The lowest BCUT2D eigenvalue weighted by Gasteiger charge is -2.24. The molecule has 1 atom stereocenters. The third-order valence-corrected chi connectivity index (χ3v) is 6.79. The van der Waals surface area contributed by atoms with E-state index >= 15 is 8.78 Å². The maximum atomic E-state index is 15.1. The van der Waals surface area contributed by atoms with Crippen molar-refractivity contribution in [2.75, 3.05) is 0 Å². The predicted octanol–water partition coefficient (Wildman–Crippen LogP) is 6.72. The molecule has 0 fully saturated rings. The second-order valence-electron chi connectivity index (χ2n) is 9.84. The lowest BCUT2D eigenvalue weighted by Crippen LogP contribution is -2.29. The molecule has 0 aliphatic rings. The van der Waals surface area contributed by atoms with Crippen molar-refractivity contribution in [3.05, 3.63) is 108 Å². The van der Waals surface area contributed by atoms with Gasteiger partial charge in [-0.05, 0) is 61.9 Å². The summed E-state index contributed by atoms with van der Waals surface area (Å²) in [5, 5.41) is 8.13. The summed E-state index contributed by atoms with van der Waals surface area (Å²) in [4.78, 5) is 8.80. The predicted molar refractivity (Wildman–Crippen MR) is 141 cm³/mol. The van der Waals surface area contributed by atoms with Crippen LogP contribution in [0.2, 0.25) is 0 Å². The Kier molecular flexibility index (Phi) is 6.20.